The van der Waals surface area contributed by atoms with E-state index in [0.29, 0.717) is 55.8 Å². The molecule has 1 aliphatic rings. The van der Waals surface area contributed by atoms with Crippen LogP contribution in [0.15, 0.2) is 71.8 Å². The smallest absolute Gasteiger partial charge is 0.273 e. The number of halogens is 1. The number of carbonyl (C=O) groups excluding carboxylic acids is 3. The summed E-state index contributed by atoms with van der Waals surface area (Å²) in [6.07, 6.45) is 1.32. The molecule has 0 spiro atoms. The van der Waals surface area contributed by atoms with Crippen LogP contribution in [-0.2, 0) is 11.3 Å². The third-order valence-corrected chi connectivity index (χ3v) is 6.77. The topological polar surface area (TPSA) is 135 Å². The van der Waals surface area contributed by atoms with Crippen molar-refractivity contribution in [3.8, 4) is 0 Å². The largest absolute Gasteiger partial charge is 0.392 e. The number of hydrogen-bond acceptors (Lipinski definition) is 7. The summed E-state index contributed by atoms with van der Waals surface area (Å²) in [6.45, 7) is 5.00. The highest BCUT2D eigenvalue weighted by Gasteiger charge is 2.24. The first-order chi connectivity index (χ1) is 20.6. The monoisotopic (exact) mass is 589 g/mol. The molecule has 3 amide bonds. The Morgan fingerprint density at radius 1 is 1.02 bits per heavy atom. The van der Waals surface area contributed by atoms with Crippen LogP contribution in [0.2, 0.25) is 0 Å². The number of hydrogen-bond donors (Lipinski definition) is 4. The molecule has 3 aromatic rings. The van der Waals surface area contributed by atoms with Gasteiger partial charge in [0.2, 0.25) is 5.91 Å². The summed E-state index contributed by atoms with van der Waals surface area (Å²) in [4.78, 5) is 42.4. The molecule has 0 saturated carbocycles. The first kappa shape index (κ1) is 31.5. The number of carbonyl (C=O) groups is 3. The minimum absolute atomic E-state index is 0.0467. The number of nitrogens with one attached hydrogen (secondary N) is 2. The fourth-order valence-electron chi connectivity index (χ4n) is 4.91. The van der Waals surface area contributed by atoms with Gasteiger partial charge in [0.25, 0.3) is 11.8 Å². The number of benzene rings is 3. The van der Waals surface area contributed by atoms with Crippen LogP contribution in [0.5, 0.6) is 0 Å². The standard InChI is InChI=1S/C32H36FN5O5/c1-21(39)18-37(19-22(2)40)20-24-5-3-6-25(15-24)31(42)35-29-13-12-27(38-14-4-7-30(38)41)16-28(29)32(43)36-34-17-23-8-10-26(33)11-9-23/h3,5-6,8-13,15-17,21-22,39-40H,4,7,14,18-20H2,1-2H3,(H,35,42)(H,36,43). The number of anilines is 2. The molecule has 2 atom stereocenters. The molecule has 0 bridgehead atoms. The van der Waals surface area contributed by atoms with Gasteiger partial charge in [0, 0.05) is 43.9 Å². The molecule has 1 fully saturated rings. The Balaban J connectivity index is 1.55. The fourth-order valence-corrected chi connectivity index (χ4v) is 4.91. The molecule has 1 saturated heterocycles. The summed E-state index contributed by atoms with van der Waals surface area (Å²) in [5, 5.41) is 26.5. The molecule has 0 aliphatic carbocycles. The van der Waals surface area contributed by atoms with Gasteiger partial charge < -0.3 is 20.4 Å². The number of aliphatic hydroxyl groups is 2. The molecule has 0 aromatic heterocycles. The van der Waals surface area contributed by atoms with Crippen LogP contribution < -0.4 is 15.6 Å². The Labute approximate surface area is 249 Å². The van der Waals surface area contributed by atoms with Crippen LogP contribution in [0.25, 0.3) is 0 Å². The Morgan fingerprint density at radius 3 is 2.40 bits per heavy atom. The van der Waals surface area contributed by atoms with E-state index in [4.69, 9.17) is 0 Å². The van der Waals surface area contributed by atoms with Crippen molar-refractivity contribution >= 4 is 35.3 Å². The highest BCUT2D eigenvalue weighted by atomic mass is 19.1. The van der Waals surface area contributed by atoms with Gasteiger partial charge >= 0.3 is 0 Å². The minimum Gasteiger partial charge on any atom is -0.392 e. The lowest BCUT2D eigenvalue weighted by atomic mass is 10.1. The van der Waals surface area contributed by atoms with Gasteiger partial charge in [-0.15, -0.1) is 0 Å². The van der Waals surface area contributed by atoms with Crippen molar-refractivity contribution in [1.82, 2.24) is 10.3 Å². The lowest BCUT2D eigenvalue weighted by Gasteiger charge is -2.25. The summed E-state index contributed by atoms with van der Waals surface area (Å²) < 4.78 is 13.2. The second kappa shape index (κ2) is 14.6. The second-order valence-electron chi connectivity index (χ2n) is 10.7. The van der Waals surface area contributed by atoms with Crippen molar-refractivity contribution in [2.45, 2.75) is 45.4 Å². The Morgan fingerprint density at radius 2 is 1.74 bits per heavy atom. The maximum atomic E-state index is 13.3. The summed E-state index contributed by atoms with van der Waals surface area (Å²) in [5.74, 6) is -1.50. The SMILES string of the molecule is CC(O)CN(Cc1cccc(C(=O)Nc2ccc(N3CCCC3=O)cc2C(=O)NN=Cc2ccc(F)cc2)c1)CC(C)O. The lowest BCUT2D eigenvalue weighted by Crippen LogP contribution is -2.35. The van der Waals surface area contributed by atoms with Gasteiger partial charge in [0.15, 0.2) is 0 Å². The normalized spacial score (nSPS) is 14.7. The van der Waals surface area contributed by atoms with Gasteiger partial charge in [-0.1, -0.05) is 24.3 Å². The van der Waals surface area contributed by atoms with E-state index in [0.717, 1.165) is 5.56 Å². The first-order valence-corrected chi connectivity index (χ1v) is 14.1. The summed E-state index contributed by atoms with van der Waals surface area (Å²) >= 11 is 0. The van der Waals surface area contributed by atoms with Crippen LogP contribution in [0.4, 0.5) is 15.8 Å². The van der Waals surface area contributed by atoms with Crippen LogP contribution in [0.3, 0.4) is 0 Å². The van der Waals surface area contributed by atoms with E-state index in [9.17, 15) is 29.0 Å². The number of aliphatic hydroxyl groups excluding tert-OH is 2. The molecular formula is C32H36FN5O5. The van der Waals surface area contributed by atoms with Crippen molar-refractivity contribution < 1.29 is 29.0 Å². The highest BCUT2D eigenvalue weighted by Crippen LogP contribution is 2.27. The maximum Gasteiger partial charge on any atom is 0.273 e. The van der Waals surface area contributed by atoms with Crippen molar-refractivity contribution in [2.75, 3.05) is 29.9 Å². The molecule has 1 heterocycles. The van der Waals surface area contributed by atoms with E-state index in [1.54, 1.807) is 55.1 Å². The average Bonchev–Trinajstić information content (AvgIpc) is 3.39. The predicted molar refractivity (Wildman–Crippen MR) is 163 cm³/mol. The van der Waals surface area contributed by atoms with Crippen LogP contribution in [0.1, 0.15) is 58.5 Å². The molecule has 43 heavy (non-hydrogen) atoms. The molecule has 10 nitrogen and oxygen atoms in total. The molecule has 11 heteroatoms. The Hall–Kier alpha value is -4.45. The zero-order valence-electron chi connectivity index (χ0n) is 24.2. The minimum atomic E-state index is -0.609. The fraction of sp³-hybridized carbons (Fsp3) is 0.312. The van der Waals surface area contributed by atoms with Gasteiger partial charge in [-0.25, -0.2) is 9.82 Å². The van der Waals surface area contributed by atoms with E-state index < -0.39 is 29.8 Å². The molecule has 0 radical (unpaired) electrons. The maximum absolute atomic E-state index is 13.3. The lowest BCUT2D eigenvalue weighted by molar-refractivity contribution is -0.117. The van der Waals surface area contributed by atoms with Gasteiger partial charge in [0.05, 0.1) is 29.7 Å². The first-order valence-electron chi connectivity index (χ1n) is 14.1. The highest BCUT2D eigenvalue weighted by molar-refractivity contribution is 6.10. The Bertz CT molecular complexity index is 1470. The molecular weight excluding hydrogens is 553 g/mol. The average molecular weight is 590 g/mol. The molecule has 3 aromatic carbocycles. The number of rotatable bonds is 12. The van der Waals surface area contributed by atoms with E-state index in [1.165, 1.54) is 30.5 Å². The summed E-state index contributed by atoms with van der Waals surface area (Å²) in [7, 11) is 0. The van der Waals surface area contributed by atoms with Crippen molar-refractivity contribution in [3.05, 3.63) is 94.8 Å². The quantitative estimate of drug-likeness (QED) is 0.189. The van der Waals surface area contributed by atoms with E-state index >= 15 is 0 Å². The van der Waals surface area contributed by atoms with Gasteiger partial charge in [0.1, 0.15) is 5.82 Å². The van der Waals surface area contributed by atoms with Gasteiger partial charge in [-0.05, 0) is 73.9 Å². The predicted octanol–water partition coefficient (Wildman–Crippen LogP) is 3.53. The second-order valence-corrected chi connectivity index (χ2v) is 10.7. The molecule has 2 unspecified atom stereocenters. The zero-order chi connectivity index (χ0) is 30.9. The van der Waals surface area contributed by atoms with E-state index in [2.05, 4.69) is 15.8 Å². The third-order valence-electron chi connectivity index (χ3n) is 6.77. The summed E-state index contributed by atoms with van der Waals surface area (Å²) in [5.41, 5.74) is 5.05. The van der Waals surface area contributed by atoms with Crippen LogP contribution >= 0.6 is 0 Å². The molecule has 4 N–H and O–H groups in total. The van der Waals surface area contributed by atoms with Crippen molar-refractivity contribution in [3.63, 3.8) is 0 Å². The van der Waals surface area contributed by atoms with E-state index in [1.807, 2.05) is 11.0 Å². The zero-order valence-corrected chi connectivity index (χ0v) is 24.2. The van der Waals surface area contributed by atoms with Crippen LogP contribution in [0, 0.1) is 5.82 Å². The Kier molecular flexibility index (Phi) is 10.7. The van der Waals surface area contributed by atoms with Crippen LogP contribution in [-0.4, -0.2) is 70.9 Å². The van der Waals surface area contributed by atoms with E-state index in [-0.39, 0.29) is 17.2 Å². The summed E-state index contributed by atoms with van der Waals surface area (Å²) in [6, 6.07) is 17.3. The van der Waals surface area contributed by atoms with Gasteiger partial charge in [-0.3, -0.25) is 19.3 Å². The van der Waals surface area contributed by atoms with Gasteiger partial charge in [-0.2, -0.15) is 5.10 Å². The third kappa shape index (κ3) is 9.02. The van der Waals surface area contributed by atoms with Crippen molar-refractivity contribution in [2.24, 2.45) is 5.10 Å². The molecule has 4 rings (SSSR count). The van der Waals surface area contributed by atoms with Crippen molar-refractivity contribution in [1.29, 1.82) is 0 Å². The molecule has 226 valence electrons. The number of amides is 3. The number of hydrazone groups is 1. The number of nitrogens with zero attached hydrogens (tertiary/aromatic N) is 3. The molecule has 1 aliphatic heterocycles.